The summed E-state index contributed by atoms with van der Waals surface area (Å²) >= 11 is 3.56. The summed E-state index contributed by atoms with van der Waals surface area (Å²) in [4.78, 5) is 9.03. The Hall–Kier alpha value is -0.680. The minimum atomic E-state index is -0.0716. The average molecular weight is 286 g/mol. The SMILES string of the molecule is CNc1nc(C(C)OC)nc(C2CC2)c1Br. The van der Waals surface area contributed by atoms with Crippen molar-refractivity contribution in [3.05, 3.63) is 16.0 Å². The first-order valence-electron chi connectivity index (χ1n) is 5.45. The lowest BCUT2D eigenvalue weighted by atomic mass is 10.2. The van der Waals surface area contributed by atoms with Crippen molar-refractivity contribution in [1.29, 1.82) is 0 Å². The zero-order valence-corrected chi connectivity index (χ0v) is 11.3. The number of hydrogen-bond acceptors (Lipinski definition) is 4. The molecule has 88 valence electrons. The van der Waals surface area contributed by atoms with Crippen LogP contribution in [-0.2, 0) is 4.74 Å². The summed E-state index contributed by atoms with van der Waals surface area (Å²) in [6.45, 7) is 1.96. The second kappa shape index (κ2) is 4.67. The Morgan fingerprint density at radius 1 is 1.44 bits per heavy atom. The molecular formula is C11H16BrN3O. The van der Waals surface area contributed by atoms with Gasteiger partial charge >= 0.3 is 0 Å². The van der Waals surface area contributed by atoms with E-state index in [-0.39, 0.29) is 6.10 Å². The summed E-state index contributed by atoms with van der Waals surface area (Å²) in [5, 5.41) is 3.08. The number of nitrogens with zero attached hydrogens (tertiary/aromatic N) is 2. The molecule has 1 N–H and O–H groups in total. The van der Waals surface area contributed by atoms with E-state index < -0.39 is 0 Å². The van der Waals surface area contributed by atoms with Gasteiger partial charge in [0.2, 0.25) is 0 Å². The van der Waals surface area contributed by atoms with Crippen molar-refractivity contribution in [2.75, 3.05) is 19.5 Å². The summed E-state index contributed by atoms with van der Waals surface area (Å²) in [7, 11) is 3.54. The number of nitrogens with one attached hydrogen (secondary N) is 1. The first-order valence-corrected chi connectivity index (χ1v) is 6.24. The van der Waals surface area contributed by atoms with Crippen LogP contribution in [0.25, 0.3) is 0 Å². The lowest BCUT2D eigenvalue weighted by Crippen LogP contribution is -2.09. The Morgan fingerprint density at radius 3 is 2.62 bits per heavy atom. The molecule has 5 heteroatoms. The van der Waals surface area contributed by atoms with Crippen LogP contribution in [0.2, 0.25) is 0 Å². The summed E-state index contributed by atoms with van der Waals surface area (Å²) in [6.07, 6.45) is 2.37. The Morgan fingerprint density at radius 2 is 2.12 bits per heavy atom. The highest BCUT2D eigenvalue weighted by molar-refractivity contribution is 9.10. The van der Waals surface area contributed by atoms with Gasteiger partial charge in [-0.1, -0.05) is 0 Å². The van der Waals surface area contributed by atoms with Crippen LogP contribution in [0, 0.1) is 0 Å². The van der Waals surface area contributed by atoms with Crippen LogP contribution in [-0.4, -0.2) is 24.1 Å². The molecule has 16 heavy (non-hydrogen) atoms. The van der Waals surface area contributed by atoms with E-state index in [1.54, 1.807) is 7.11 Å². The molecule has 0 saturated heterocycles. The topological polar surface area (TPSA) is 47.0 Å². The monoisotopic (exact) mass is 285 g/mol. The van der Waals surface area contributed by atoms with Gasteiger partial charge in [0.15, 0.2) is 5.82 Å². The van der Waals surface area contributed by atoms with Gasteiger partial charge in [0.05, 0.1) is 10.2 Å². The third-order valence-electron chi connectivity index (χ3n) is 2.81. The molecule has 1 aliphatic carbocycles. The van der Waals surface area contributed by atoms with Crippen molar-refractivity contribution < 1.29 is 4.74 Å². The van der Waals surface area contributed by atoms with E-state index in [1.165, 1.54) is 12.8 Å². The predicted molar refractivity (Wildman–Crippen MR) is 66.7 cm³/mol. The minimum absolute atomic E-state index is 0.0716. The standard InChI is InChI=1S/C11H16BrN3O/c1-6(16-3)10-14-9(7-4-5-7)8(12)11(13-2)15-10/h6-7H,4-5H2,1-3H3,(H,13,14,15). The van der Waals surface area contributed by atoms with Crippen LogP contribution < -0.4 is 5.32 Å². The number of halogens is 1. The van der Waals surface area contributed by atoms with Crippen molar-refractivity contribution >= 4 is 21.7 Å². The van der Waals surface area contributed by atoms with Crippen LogP contribution in [0.4, 0.5) is 5.82 Å². The molecule has 1 fully saturated rings. The van der Waals surface area contributed by atoms with Crippen LogP contribution in [0.15, 0.2) is 4.47 Å². The fourth-order valence-electron chi connectivity index (χ4n) is 1.56. The molecule has 2 rings (SSSR count). The van der Waals surface area contributed by atoms with E-state index in [9.17, 15) is 0 Å². The van der Waals surface area contributed by atoms with Crippen LogP contribution >= 0.6 is 15.9 Å². The summed E-state index contributed by atoms with van der Waals surface area (Å²) in [5.41, 5.74) is 1.11. The molecule has 1 unspecified atom stereocenters. The van der Waals surface area contributed by atoms with Gasteiger partial charge in [0.25, 0.3) is 0 Å². The number of ether oxygens (including phenoxy) is 1. The van der Waals surface area contributed by atoms with Gasteiger partial charge in [-0.2, -0.15) is 0 Å². The van der Waals surface area contributed by atoms with Crippen molar-refractivity contribution in [1.82, 2.24) is 9.97 Å². The Labute approximate surface area is 104 Å². The van der Waals surface area contributed by atoms with Gasteiger partial charge in [-0.25, -0.2) is 9.97 Å². The normalized spacial score (nSPS) is 17.2. The van der Waals surface area contributed by atoms with E-state index in [4.69, 9.17) is 4.74 Å². The number of rotatable bonds is 4. The van der Waals surface area contributed by atoms with Crippen molar-refractivity contribution in [2.24, 2.45) is 0 Å². The summed E-state index contributed by atoms with van der Waals surface area (Å²) in [5.74, 6) is 2.18. The molecule has 0 bridgehead atoms. The van der Waals surface area contributed by atoms with Crippen molar-refractivity contribution in [2.45, 2.75) is 31.8 Å². The smallest absolute Gasteiger partial charge is 0.159 e. The molecule has 0 amide bonds. The van der Waals surface area contributed by atoms with Crippen molar-refractivity contribution in [3.63, 3.8) is 0 Å². The Balaban J connectivity index is 2.43. The molecule has 1 heterocycles. The van der Waals surface area contributed by atoms with Crippen LogP contribution in [0.3, 0.4) is 0 Å². The maximum absolute atomic E-state index is 5.26. The van der Waals surface area contributed by atoms with Gasteiger partial charge in [0, 0.05) is 20.1 Å². The van der Waals surface area contributed by atoms with Gasteiger partial charge in [-0.15, -0.1) is 0 Å². The number of anilines is 1. The molecule has 1 aliphatic rings. The highest BCUT2D eigenvalue weighted by Gasteiger charge is 2.29. The van der Waals surface area contributed by atoms with E-state index in [2.05, 4.69) is 31.2 Å². The first-order chi connectivity index (χ1) is 7.67. The maximum Gasteiger partial charge on any atom is 0.159 e. The average Bonchev–Trinajstić information content (AvgIpc) is 3.12. The Kier molecular flexibility index (Phi) is 3.44. The molecule has 1 aromatic heterocycles. The lowest BCUT2D eigenvalue weighted by Gasteiger charge is -2.13. The molecule has 4 nitrogen and oxygen atoms in total. The molecule has 0 aliphatic heterocycles. The zero-order chi connectivity index (χ0) is 11.7. The third kappa shape index (κ3) is 2.20. The second-order valence-electron chi connectivity index (χ2n) is 4.03. The summed E-state index contributed by atoms with van der Waals surface area (Å²) in [6, 6.07) is 0. The highest BCUT2D eigenvalue weighted by atomic mass is 79.9. The third-order valence-corrected chi connectivity index (χ3v) is 3.59. The number of aromatic nitrogens is 2. The van der Waals surface area contributed by atoms with Crippen molar-refractivity contribution in [3.8, 4) is 0 Å². The Bertz CT molecular complexity index is 393. The molecule has 1 aromatic rings. The number of methoxy groups -OCH3 is 1. The van der Waals surface area contributed by atoms with E-state index >= 15 is 0 Å². The molecule has 1 saturated carbocycles. The van der Waals surface area contributed by atoms with E-state index in [0.717, 1.165) is 21.8 Å². The zero-order valence-electron chi connectivity index (χ0n) is 9.75. The highest BCUT2D eigenvalue weighted by Crippen LogP contribution is 2.44. The molecule has 0 aromatic carbocycles. The fourth-order valence-corrected chi connectivity index (χ4v) is 2.26. The quantitative estimate of drug-likeness (QED) is 0.924. The summed E-state index contributed by atoms with van der Waals surface area (Å²) < 4.78 is 6.25. The molecule has 0 radical (unpaired) electrons. The van der Waals surface area contributed by atoms with E-state index in [0.29, 0.717) is 5.92 Å². The first kappa shape index (κ1) is 11.8. The molecular weight excluding hydrogens is 270 g/mol. The predicted octanol–water partition coefficient (Wildman–Crippen LogP) is 2.87. The maximum atomic E-state index is 5.26. The van der Waals surface area contributed by atoms with Crippen LogP contribution in [0.1, 0.15) is 43.3 Å². The largest absolute Gasteiger partial charge is 0.374 e. The van der Waals surface area contributed by atoms with Gasteiger partial charge in [-0.05, 0) is 35.7 Å². The van der Waals surface area contributed by atoms with Gasteiger partial charge < -0.3 is 10.1 Å². The molecule has 1 atom stereocenters. The van der Waals surface area contributed by atoms with Gasteiger partial charge in [-0.3, -0.25) is 0 Å². The minimum Gasteiger partial charge on any atom is -0.374 e. The second-order valence-corrected chi connectivity index (χ2v) is 4.82. The van der Waals surface area contributed by atoms with Crippen LogP contribution in [0.5, 0.6) is 0 Å². The van der Waals surface area contributed by atoms with E-state index in [1.807, 2.05) is 14.0 Å². The van der Waals surface area contributed by atoms with Gasteiger partial charge in [0.1, 0.15) is 11.9 Å². The lowest BCUT2D eigenvalue weighted by molar-refractivity contribution is 0.112. The fraction of sp³-hybridized carbons (Fsp3) is 0.636. The molecule has 0 spiro atoms. The number of hydrogen-bond donors (Lipinski definition) is 1.